The Kier molecular flexibility index (Phi) is 3.90. The molecule has 0 radical (unpaired) electrons. The van der Waals surface area contributed by atoms with Crippen molar-refractivity contribution in [1.29, 1.82) is 0 Å². The molecule has 2 N–H and O–H groups in total. The normalized spacial score (nSPS) is 20.7. The molecule has 0 bridgehead atoms. The van der Waals surface area contributed by atoms with Crippen LogP contribution in [0.5, 0.6) is 0 Å². The van der Waals surface area contributed by atoms with Crippen LogP contribution in [-0.4, -0.2) is 50.1 Å². The molecule has 1 aliphatic heterocycles. The maximum atomic E-state index is 12.9. The molecule has 1 unspecified atom stereocenters. The van der Waals surface area contributed by atoms with E-state index in [0.717, 1.165) is 0 Å². The Bertz CT molecular complexity index is 743. The molecule has 0 saturated carbocycles. The van der Waals surface area contributed by atoms with Crippen LogP contribution < -0.4 is 5.73 Å². The number of hydrogen-bond donors (Lipinski definition) is 1. The molecule has 2 aromatic rings. The van der Waals surface area contributed by atoms with E-state index < -0.39 is 10.0 Å². The number of nitrogens with two attached hydrogens (primary N) is 1. The lowest BCUT2D eigenvalue weighted by Gasteiger charge is -2.31. The zero-order chi connectivity index (χ0) is 14.9. The molecular formula is C14H17N3O3S. The zero-order valence-electron chi connectivity index (χ0n) is 11.5. The Morgan fingerprint density at radius 1 is 1.33 bits per heavy atom. The third-order valence-corrected chi connectivity index (χ3v) is 5.51. The number of sulfonamides is 1. The Labute approximate surface area is 123 Å². The summed E-state index contributed by atoms with van der Waals surface area (Å²) in [5.41, 5.74) is 6.25. The second-order valence-electron chi connectivity index (χ2n) is 4.92. The van der Waals surface area contributed by atoms with E-state index >= 15 is 0 Å². The predicted octanol–water partition coefficient (Wildman–Crippen LogP) is 0.583. The van der Waals surface area contributed by atoms with E-state index in [2.05, 4.69) is 4.98 Å². The monoisotopic (exact) mass is 307 g/mol. The third kappa shape index (κ3) is 2.65. The minimum atomic E-state index is -3.57. The van der Waals surface area contributed by atoms with Crippen molar-refractivity contribution in [2.75, 3.05) is 26.2 Å². The summed E-state index contributed by atoms with van der Waals surface area (Å²) in [4.78, 5) is 4.49. The Hall–Kier alpha value is -1.54. The number of rotatable bonds is 3. The lowest BCUT2D eigenvalue weighted by molar-refractivity contribution is 0.00453. The fraction of sp³-hybridized carbons (Fsp3) is 0.357. The van der Waals surface area contributed by atoms with Crippen LogP contribution in [0.15, 0.2) is 41.4 Å². The Morgan fingerprint density at radius 2 is 2.19 bits per heavy atom. The fourth-order valence-electron chi connectivity index (χ4n) is 2.49. The predicted molar refractivity (Wildman–Crippen MR) is 79.3 cm³/mol. The number of benzene rings is 1. The van der Waals surface area contributed by atoms with Crippen molar-refractivity contribution in [3.8, 4) is 0 Å². The molecular weight excluding hydrogens is 290 g/mol. The van der Waals surface area contributed by atoms with Crippen molar-refractivity contribution in [1.82, 2.24) is 9.29 Å². The maximum absolute atomic E-state index is 12.9. The van der Waals surface area contributed by atoms with Gasteiger partial charge in [-0.1, -0.05) is 6.07 Å². The molecule has 0 aliphatic carbocycles. The fourth-order valence-corrected chi connectivity index (χ4v) is 4.15. The molecule has 6 nitrogen and oxygen atoms in total. The third-order valence-electron chi connectivity index (χ3n) is 3.59. The molecule has 0 amide bonds. The summed E-state index contributed by atoms with van der Waals surface area (Å²) in [6, 6.07) is 8.64. The quantitative estimate of drug-likeness (QED) is 0.896. The van der Waals surface area contributed by atoms with Gasteiger partial charge in [0.05, 0.1) is 23.1 Å². The lowest BCUT2D eigenvalue weighted by Crippen LogP contribution is -2.48. The van der Waals surface area contributed by atoms with E-state index in [9.17, 15) is 8.42 Å². The molecule has 21 heavy (non-hydrogen) atoms. The lowest BCUT2D eigenvalue weighted by atomic mass is 10.2. The minimum absolute atomic E-state index is 0.248. The molecule has 1 atom stereocenters. The van der Waals surface area contributed by atoms with Crippen LogP contribution in [0, 0.1) is 0 Å². The smallest absolute Gasteiger partial charge is 0.243 e. The van der Waals surface area contributed by atoms with E-state index in [1.807, 2.05) is 0 Å². The second-order valence-corrected chi connectivity index (χ2v) is 6.82. The average Bonchev–Trinajstić information content (AvgIpc) is 2.54. The highest BCUT2D eigenvalue weighted by atomic mass is 32.2. The van der Waals surface area contributed by atoms with E-state index in [-0.39, 0.29) is 17.5 Å². The van der Waals surface area contributed by atoms with E-state index in [1.54, 1.807) is 36.5 Å². The highest BCUT2D eigenvalue weighted by molar-refractivity contribution is 7.89. The van der Waals surface area contributed by atoms with Crippen molar-refractivity contribution in [3.63, 3.8) is 0 Å². The van der Waals surface area contributed by atoms with Gasteiger partial charge in [-0.3, -0.25) is 4.98 Å². The molecule has 1 fully saturated rings. The van der Waals surface area contributed by atoms with Gasteiger partial charge in [-0.25, -0.2) is 8.42 Å². The van der Waals surface area contributed by atoms with Crippen LogP contribution in [0.3, 0.4) is 0 Å². The molecule has 3 rings (SSSR count). The summed E-state index contributed by atoms with van der Waals surface area (Å²) in [6.45, 7) is 1.30. The van der Waals surface area contributed by atoms with Crippen molar-refractivity contribution < 1.29 is 13.2 Å². The second kappa shape index (κ2) is 5.69. The van der Waals surface area contributed by atoms with Crippen LogP contribution in [0.1, 0.15) is 0 Å². The van der Waals surface area contributed by atoms with Crippen LogP contribution in [0.25, 0.3) is 10.9 Å². The molecule has 1 saturated heterocycles. The first kappa shape index (κ1) is 14.4. The summed E-state index contributed by atoms with van der Waals surface area (Å²) >= 11 is 0. The summed E-state index contributed by atoms with van der Waals surface area (Å²) in [6.07, 6.45) is 1.40. The zero-order valence-corrected chi connectivity index (χ0v) is 12.3. The van der Waals surface area contributed by atoms with Crippen LogP contribution in [0.2, 0.25) is 0 Å². The van der Waals surface area contributed by atoms with Crippen LogP contribution >= 0.6 is 0 Å². The van der Waals surface area contributed by atoms with Crippen molar-refractivity contribution >= 4 is 20.9 Å². The number of fused-ring (bicyclic) bond motifs is 1. The van der Waals surface area contributed by atoms with E-state index in [0.29, 0.717) is 30.6 Å². The van der Waals surface area contributed by atoms with Gasteiger partial charge >= 0.3 is 0 Å². The largest absolute Gasteiger partial charge is 0.374 e. The number of aromatic nitrogens is 1. The van der Waals surface area contributed by atoms with E-state index in [4.69, 9.17) is 10.5 Å². The van der Waals surface area contributed by atoms with Crippen molar-refractivity contribution in [2.45, 2.75) is 11.0 Å². The van der Waals surface area contributed by atoms with Gasteiger partial charge in [-0.2, -0.15) is 4.31 Å². The Morgan fingerprint density at radius 3 is 3.00 bits per heavy atom. The minimum Gasteiger partial charge on any atom is -0.374 e. The number of hydrogen-bond acceptors (Lipinski definition) is 5. The SMILES string of the molecule is NCC1CN(S(=O)(=O)c2cccc3ncccc23)CCO1. The molecule has 1 aromatic heterocycles. The van der Waals surface area contributed by atoms with Gasteiger partial charge < -0.3 is 10.5 Å². The first-order chi connectivity index (χ1) is 10.1. The molecule has 7 heteroatoms. The van der Waals surface area contributed by atoms with Gasteiger partial charge in [0.25, 0.3) is 0 Å². The highest BCUT2D eigenvalue weighted by Crippen LogP contribution is 2.25. The van der Waals surface area contributed by atoms with E-state index in [1.165, 1.54) is 4.31 Å². The standard InChI is InChI=1S/C14H17N3O3S/c15-9-11-10-17(7-8-20-11)21(18,19)14-5-1-4-13-12(14)3-2-6-16-13/h1-6,11H,7-10,15H2. The number of ether oxygens (including phenoxy) is 1. The van der Waals surface area contributed by atoms with Gasteiger partial charge in [0, 0.05) is 31.2 Å². The number of pyridine rings is 1. The summed E-state index contributed by atoms with van der Waals surface area (Å²) < 4.78 is 32.6. The molecule has 0 spiro atoms. The van der Waals surface area contributed by atoms with Gasteiger partial charge in [-0.05, 0) is 24.3 Å². The summed E-state index contributed by atoms with van der Waals surface area (Å²) in [7, 11) is -3.57. The summed E-state index contributed by atoms with van der Waals surface area (Å²) in [5, 5.41) is 0.635. The first-order valence-electron chi connectivity index (χ1n) is 6.78. The van der Waals surface area contributed by atoms with Gasteiger partial charge in [0.15, 0.2) is 0 Å². The summed E-state index contributed by atoms with van der Waals surface area (Å²) in [5.74, 6) is 0. The highest BCUT2D eigenvalue weighted by Gasteiger charge is 2.31. The van der Waals surface area contributed by atoms with Gasteiger partial charge in [0.1, 0.15) is 0 Å². The van der Waals surface area contributed by atoms with Gasteiger partial charge in [0.2, 0.25) is 10.0 Å². The average molecular weight is 307 g/mol. The van der Waals surface area contributed by atoms with Crippen molar-refractivity contribution in [2.24, 2.45) is 5.73 Å². The molecule has 2 heterocycles. The maximum Gasteiger partial charge on any atom is 0.243 e. The van der Waals surface area contributed by atoms with Crippen molar-refractivity contribution in [3.05, 3.63) is 36.5 Å². The molecule has 1 aliphatic rings. The Balaban J connectivity index is 2.04. The first-order valence-corrected chi connectivity index (χ1v) is 8.22. The number of nitrogens with zero attached hydrogens (tertiary/aromatic N) is 2. The van der Waals surface area contributed by atoms with Crippen LogP contribution in [-0.2, 0) is 14.8 Å². The molecule has 1 aromatic carbocycles. The van der Waals surface area contributed by atoms with Gasteiger partial charge in [-0.15, -0.1) is 0 Å². The number of morpholine rings is 1. The topological polar surface area (TPSA) is 85.5 Å². The molecule has 112 valence electrons. The van der Waals surface area contributed by atoms with Crippen LogP contribution in [0.4, 0.5) is 0 Å².